The smallest absolute Gasteiger partial charge is 0.408 e. The molecule has 6 nitrogen and oxygen atoms in total. The fourth-order valence-corrected chi connectivity index (χ4v) is 8.06. The number of aromatic amines is 1. The Labute approximate surface area is 214 Å². The van der Waals surface area contributed by atoms with Crippen LogP contribution in [0, 0.1) is 23.7 Å². The third kappa shape index (κ3) is 4.81. The van der Waals surface area contributed by atoms with Crippen LogP contribution in [0.3, 0.4) is 0 Å². The number of hydrogen-bond donors (Lipinski definition) is 3. The lowest BCUT2D eigenvalue weighted by atomic mass is 9.55. The van der Waals surface area contributed by atoms with Crippen molar-refractivity contribution in [3.05, 3.63) is 36.0 Å². The Kier molecular flexibility index (Phi) is 6.57. The summed E-state index contributed by atoms with van der Waals surface area (Å²) in [5.41, 5.74) is 1.03. The van der Waals surface area contributed by atoms with E-state index >= 15 is 0 Å². The van der Waals surface area contributed by atoms with E-state index in [4.69, 9.17) is 4.74 Å². The Morgan fingerprint density at radius 3 is 2.42 bits per heavy atom. The van der Waals surface area contributed by atoms with Gasteiger partial charge in [-0.2, -0.15) is 0 Å². The molecule has 3 N–H and O–H groups in total. The SMILES string of the molecule is C[C@](Cc1c[nH]c2ccccc12)(NC(=O)OC1C2CC3CC(C2)CC1C3)C(=O)CNC1CCCCC1. The van der Waals surface area contributed by atoms with Gasteiger partial charge < -0.3 is 20.4 Å². The molecule has 1 aromatic heterocycles. The van der Waals surface area contributed by atoms with Gasteiger partial charge in [0, 0.05) is 29.6 Å². The molecular formula is C30H41N3O3. The number of carbonyl (C=O) groups excluding carboxylic acids is 2. The van der Waals surface area contributed by atoms with E-state index < -0.39 is 11.6 Å². The number of H-pyrrole nitrogens is 1. The van der Waals surface area contributed by atoms with Crippen LogP contribution in [0.2, 0.25) is 0 Å². The van der Waals surface area contributed by atoms with E-state index in [0.717, 1.165) is 41.1 Å². The van der Waals surface area contributed by atoms with Gasteiger partial charge in [0.15, 0.2) is 5.78 Å². The normalized spacial score (nSPS) is 31.3. The van der Waals surface area contributed by atoms with Gasteiger partial charge in [-0.3, -0.25) is 4.79 Å². The average molecular weight is 492 g/mol. The van der Waals surface area contributed by atoms with Gasteiger partial charge in [0.2, 0.25) is 0 Å². The predicted molar refractivity (Wildman–Crippen MR) is 141 cm³/mol. The first-order valence-corrected chi connectivity index (χ1v) is 14.3. The molecule has 0 aliphatic heterocycles. The van der Waals surface area contributed by atoms with Gasteiger partial charge in [-0.05, 0) is 87.2 Å². The van der Waals surface area contributed by atoms with E-state index in [1.807, 2.05) is 31.3 Å². The minimum Gasteiger partial charge on any atom is -0.446 e. The minimum atomic E-state index is -1.05. The van der Waals surface area contributed by atoms with Crippen LogP contribution in [-0.4, -0.2) is 41.1 Å². The molecule has 7 rings (SSSR count). The molecule has 1 heterocycles. The predicted octanol–water partition coefficient (Wildman–Crippen LogP) is 5.51. The van der Waals surface area contributed by atoms with Crippen molar-refractivity contribution < 1.29 is 14.3 Å². The van der Waals surface area contributed by atoms with Crippen LogP contribution in [0.5, 0.6) is 0 Å². The number of para-hydroxylation sites is 1. The standard InChI is InChI=1S/C30H41N3O3/c1-30(27(34)18-31-24-7-3-2-4-8-24,16-23-17-32-26-10-6-5-9-25(23)26)33-29(35)36-28-21-12-19-11-20(14-21)15-22(28)13-19/h5-6,9-10,17,19-22,24,28,31-32H,2-4,7-8,11-16,18H2,1H3,(H,33,35)/t19?,20?,21?,22?,28?,30-/m1/s1. The number of carbonyl (C=O) groups is 2. The van der Waals surface area contributed by atoms with E-state index in [1.54, 1.807) is 0 Å². The molecule has 2 aromatic rings. The molecule has 5 aliphatic carbocycles. The Hall–Kier alpha value is -2.34. The summed E-state index contributed by atoms with van der Waals surface area (Å²) in [5, 5.41) is 7.66. The average Bonchev–Trinajstić information content (AvgIpc) is 3.27. The zero-order chi connectivity index (χ0) is 24.7. The van der Waals surface area contributed by atoms with Crippen molar-refractivity contribution in [2.75, 3.05) is 6.54 Å². The molecule has 0 unspecified atom stereocenters. The van der Waals surface area contributed by atoms with E-state index in [0.29, 0.717) is 24.3 Å². The number of Topliss-reactive ketones (excluding diaryl/α,β-unsaturated/α-hetero) is 1. The maximum absolute atomic E-state index is 13.7. The van der Waals surface area contributed by atoms with Crippen LogP contribution < -0.4 is 10.6 Å². The summed E-state index contributed by atoms with van der Waals surface area (Å²) >= 11 is 0. The third-order valence-electron chi connectivity index (χ3n) is 9.75. The minimum absolute atomic E-state index is 0.00519. The van der Waals surface area contributed by atoms with Crippen molar-refractivity contribution >= 4 is 22.8 Å². The van der Waals surface area contributed by atoms with Crippen molar-refractivity contribution in [2.24, 2.45) is 23.7 Å². The van der Waals surface area contributed by atoms with Crippen LogP contribution >= 0.6 is 0 Å². The fraction of sp³-hybridized carbons (Fsp3) is 0.667. The van der Waals surface area contributed by atoms with Crippen LogP contribution in [0.15, 0.2) is 30.5 Å². The number of rotatable bonds is 8. The number of benzene rings is 1. The Bertz CT molecular complexity index is 1080. The zero-order valence-corrected chi connectivity index (χ0v) is 21.6. The molecule has 4 bridgehead atoms. The number of hydrogen-bond acceptors (Lipinski definition) is 4. The van der Waals surface area contributed by atoms with Crippen molar-refractivity contribution in [3.8, 4) is 0 Å². The molecule has 1 atom stereocenters. The molecule has 1 aromatic carbocycles. The lowest BCUT2D eigenvalue weighted by Gasteiger charge is -2.53. The highest BCUT2D eigenvalue weighted by atomic mass is 16.6. The lowest BCUT2D eigenvalue weighted by molar-refractivity contribution is -0.125. The van der Waals surface area contributed by atoms with Gasteiger partial charge in [0.25, 0.3) is 0 Å². The Balaban J connectivity index is 1.17. The fourth-order valence-electron chi connectivity index (χ4n) is 8.06. The van der Waals surface area contributed by atoms with Crippen molar-refractivity contribution in [3.63, 3.8) is 0 Å². The Morgan fingerprint density at radius 1 is 1.00 bits per heavy atom. The second-order valence-electron chi connectivity index (χ2n) is 12.4. The number of fused-ring (bicyclic) bond motifs is 1. The molecule has 5 fully saturated rings. The van der Waals surface area contributed by atoms with Gasteiger partial charge in [-0.25, -0.2) is 4.79 Å². The monoisotopic (exact) mass is 491 g/mol. The van der Waals surface area contributed by atoms with Gasteiger partial charge in [0.1, 0.15) is 11.6 Å². The summed E-state index contributed by atoms with van der Waals surface area (Å²) < 4.78 is 6.14. The van der Waals surface area contributed by atoms with E-state index in [1.165, 1.54) is 51.4 Å². The summed E-state index contributed by atoms with van der Waals surface area (Å²) in [6.07, 6.45) is 14.1. The van der Waals surface area contributed by atoms with Crippen molar-refractivity contribution in [1.29, 1.82) is 0 Å². The van der Waals surface area contributed by atoms with Gasteiger partial charge in [-0.15, -0.1) is 0 Å². The highest BCUT2D eigenvalue weighted by molar-refractivity contribution is 5.94. The van der Waals surface area contributed by atoms with E-state index in [2.05, 4.69) is 21.7 Å². The number of alkyl carbamates (subject to hydrolysis) is 1. The molecule has 6 heteroatoms. The molecule has 5 saturated carbocycles. The van der Waals surface area contributed by atoms with Gasteiger partial charge >= 0.3 is 6.09 Å². The number of ether oxygens (including phenoxy) is 1. The molecule has 0 saturated heterocycles. The van der Waals surface area contributed by atoms with Crippen molar-refractivity contribution in [2.45, 2.75) is 95.2 Å². The van der Waals surface area contributed by atoms with Gasteiger partial charge in [0.05, 0.1) is 6.54 Å². The van der Waals surface area contributed by atoms with Crippen LogP contribution in [0.4, 0.5) is 4.79 Å². The quantitative estimate of drug-likeness (QED) is 0.455. The lowest BCUT2D eigenvalue weighted by Crippen LogP contribution is -2.58. The number of aromatic nitrogens is 1. The highest BCUT2D eigenvalue weighted by Crippen LogP contribution is 2.54. The van der Waals surface area contributed by atoms with E-state index in [-0.39, 0.29) is 18.4 Å². The maximum atomic E-state index is 13.7. The van der Waals surface area contributed by atoms with Crippen LogP contribution in [-0.2, 0) is 16.0 Å². The number of amides is 1. The zero-order valence-electron chi connectivity index (χ0n) is 21.6. The van der Waals surface area contributed by atoms with Crippen molar-refractivity contribution in [1.82, 2.24) is 15.6 Å². The first-order chi connectivity index (χ1) is 17.5. The number of ketones is 1. The maximum Gasteiger partial charge on any atom is 0.408 e. The second-order valence-corrected chi connectivity index (χ2v) is 12.4. The first-order valence-electron chi connectivity index (χ1n) is 14.3. The van der Waals surface area contributed by atoms with E-state index in [9.17, 15) is 9.59 Å². The van der Waals surface area contributed by atoms with Crippen LogP contribution in [0.1, 0.15) is 76.7 Å². The van der Waals surface area contributed by atoms with Gasteiger partial charge in [-0.1, -0.05) is 37.5 Å². The highest BCUT2D eigenvalue weighted by Gasteiger charge is 2.50. The largest absolute Gasteiger partial charge is 0.446 e. The summed E-state index contributed by atoms with van der Waals surface area (Å²) in [5.74, 6) is 2.66. The molecule has 1 amide bonds. The summed E-state index contributed by atoms with van der Waals surface area (Å²) in [6.45, 7) is 2.14. The molecule has 5 aliphatic rings. The van der Waals surface area contributed by atoms with Crippen LogP contribution in [0.25, 0.3) is 10.9 Å². The summed E-state index contributed by atoms with van der Waals surface area (Å²) in [4.78, 5) is 30.4. The third-order valence-corrected chi connectivity index (χ3v) is 9.75. The topological polar surface area (TPSA) is 83.2 Å². The summed E-state index contributed by atoms with van der Waals surface area (Å²) in [7, 11) is 0. The Morgan fingerprint density at radius 2 is 1.69 bits per heavy atom. The molecule has 194 valence electrons. The molecule has 0 spiro atoms. The summed E-state index contributed by atoms with van der Waals surface area (Å²) in [6, 6.07) is 8.51. The molecule has 36 heavy (non-hydrogen) atoms. The molecular weight excluding hydrogens is 450 g/mol. The first kappa shape index (κ1) is 24.0. The number of nitrogens with one attached hydrogen (secondary N) is 3. The molecule has 0 radical (unpaired) electrons. The second kappa shape index (κ2) is 9.85.